The molecule has 0 saturated heterocycles. The third kappa shape index (κ3) is 6.36. The zero-order chi connectivity index (χ0) is 24.4. The number of nitrogens with zero attached hydrogens (tertiary/aromatic N) is 2. The minimum absolute atomic E-state index is 0.0107. The molecule has 0 atom stereocenters. The maximum absolute atomic E-state index is 11.1. The zero-order valence-corrected chi connectivity index (χ0v) is 17.7. The van der Waals surface area contributed by atoms with Crippen molar-refractivity contribution in [1.29, 1.82) is 0 Å². The molecule has 176 valence electrons. The van der Waals surface area contributed by atoms with Gasteiger partial charge in [-0.2, -0.15) is 0 Å². The first kappa shape index (κ1) is 25.0. The molecule has 0 spiro atoms. The summed E-state index contributed by atoms with van der Waals surface area (Å²) in [7, 11) is 2.66. The molecule has 0 radical (unpaired) electrons. The molecule has 2 aromatic rings. The summed E-state index contributed by atoms with van der Waals surface area (Å²) in [5.41, 5.74) is -1.12. The van der Waals surface area contributed by atoms with E-state index in [1.807, 2.05) is 0 Å². The number of aldehydes is 2. The van der Waals surface area contributed by atoms with Crippen LogP contribution < -0.4 is 18.9 Å². The number of carbonyl (C=O) groups is 2. The van der Waals surface area contributed by atoms with Gasteiger partial charge < -0.3 is 23.7 Å². The van der Waals surface area contributed by atoms with Gasteiger partial charge in [-0.15, -0.1) is 0 Å². The molecule has 0 amide bonds. The van der Waals surface area contributed by atoms with Crippen molar-refractivity contribution in [2.24, 2.45) is 0 Å². The van der Waals surface area contributed by atoms with Crippen LogP contribution in [0.5, 0.6) is 23.0 Å². The summed E-state index contributed by atoms with van der Waals surface area (Å²) in [6.07, 6.45) is 0.702. The molecule has 0 aliphatic heterocycles. The maximum atomic E-state index is 11.1. The lowest BCUT2D eigenvalue weighted by molar-refractivity contribution is -0.385. The third-order valence-electron chi connectivity index (χ3n) is 4.24. The minimum atomic E-state index is -0.704. The third-order valence-corrected chi connectivity index (χ3v) is 4.24. The van der Waals surface area contributed by atoms with Crippen molar-refractivity contribution in [3.63, 3.8) is 0 Å². The van der Waals surface area contributed by atoms with Crippen molar-refractivity contribution in [3.8, 4) is 23.0 Å². The van der Waals surface area contributed by atoms with Crippen LogP contribution in [0.4, 0.5) is 11.4 Å². The number of methoxy groups -OCH3 is 2. The van der Waals surface area contributed by atoms with E-state index in [0.29, 0.717) is 12.6 Å². The number of nitro groups is 2. The van der Waals surface area contributed by atoms with Crippen LogP contribution in [0.25, 0.3) is 0 Å². The highest BCUT2D eigenvalue weighted by Gasteiger charge is 2.20. The Hall–Kier alpha value is -4.26. The quantitative estimate of drug-likeness (QED) is 0.174. The fourth-order valence-electron chi connectivity index (χ4n) is 2.70. The van der Waals surface area contributed by atoms with Crippen LogP contribution in [0, 0.1) is 20.2 Å². The maximum Gasteiger partial charge on any atom is 0.283 e. The van der Waals surface area contributed by atoms with Crippen molar-refractivity contribution >= 4 is 23.9 Å². The Bertz CT molecular complexity index is 958. The Morgan fingerprint density at radius 2 is 1.09 bits per heavy atom. The first-order valence-corrected chi connectivity index (χ1v) is 9.32. The van der Waals surface area contributed by atoms with Gasteiger partial charge in [-0.1, -0.05) is 0 Å². The Morgan fingerprint density at radius 1 is 0.697 bits per heavy atom. The SMILES string of the molecule is COc1cc(C=O)c([N+](=O)[O-])cc1OCCOCCOc1cc([N+](=O)[O-])c(C=O)cc1OC. The molecule has 2 rings (SSSR count). The van der Waals surface area contributed by atoms with Crippen molar-refractivity contribution in [3.05, 3.63) is 55.6 Å². The number of nitro benzene ring substituents is 2. The standard InChI is InChI=1S/C20H20N2O11/c1-29-17-7-13(11-23)15(21(25)26)9-19(17)32-5-3-31-4-6-33-20-10-16(22(27)28)14(12-24)8-18(20)30-2/h7-12H,3-6H2,1-2H3. The second kappa shape index (κ2) is 12.0. The second-order valence-corrected chi connectivity index (χ2v) is 6.18. The molecule has 33 heavy (non-hydrogen) atoms. The lowest BCUT2D eigenvalue weighted by atomic mass is 10.1. The fourth-order valence-corrected chi connectivity index (χ4v) is 2.70. The molecule has 2 aromatic carbocycles. The number of ether oxygens (including phenoxy) is 5. The average Bonchev–Trinajstić information content (AvgIpc) is 2.82. The summed E-state index contributed by atoms with van der Waals surface area (Å²) < 4.78 is 26.4. The molecule has 0 fully saturated rings. The van der Waals surface area contributed by atoms with Gasteiger partial charge in [-0.25, -0.2) is 0 Å². The topological polar surface area (TPSA) is 167 Å². The van der Waals surface area contributed by atoms with Gasteiger partial charge in [0.1, 0.15) is 13.2 Å². The van der Waals surface area contributed by atoms with E-state index in [9.17, 15) is 29.8 Å². The minimum Gasteiger partial charge on any atom is -0.493 e. The van der Waals surface area contributed by atoms with Gasteiger partial charge in [-0.05, 0) is 0 Å². The number of benzene rings is 2. The van der Waals surface area contributed by atoms with E-state index in [4.69, 9.17) is 23.7 Å². The number of rotatable bonds is 14. The Morgan fingerprint density at radius 3 is 1.39 bits per heavy atom. The van der Waals surface area contributed by atoms with Crippen LogP contribution in [-0.2, 0) is 4.74 Å². The fraction of sp³-hybridized carbons (Fsp3) is 0.300. The van der Waals surface area contributed by atoms with Crippen LogP contribution in [0.2, 0.25) is 0 Å². The first-order chi connectivity index (χ1) is 15.9. The van der Waals surface area contributed by atoms with E-state index >= 15 is 0 Å². The van der Waals surface area contributed by atoms with E-state index in [2.05, 4.69) is 0 Å². The molecule has 13 heteroatoms. The number of carbonyl (C=O) groups excluding carboxylic acids is 2. The monoisotopic (exact) mass is 464 g/mol. The highest BCUT2D eigenvalue weighted by atomic mass is 16.6. The first-order valence-electron chi connectivity index (χ1n) is 9.32. The molecule has 0 saturated carbocycles. The van der Waals surface area contributed by atoms with Gasteiger partial charge in [0.25, 0.3) is 11.4 Å². The lowest BCUT2D eigenvalue weighted by Crippen LogP contribution is -2.13. The van der Waals surface area contributed by atoms with Gasteiger partial charge in [0.05, 0.1) is 60.5 Å². The predicted octanol–water partition coefficient (Wildman–Crippen LogP) is 2.62. The summed E-state index contributed by atoms with van der Waals surface area (Å²) in [4.78, 5) is 42.8. The molecule has 0 N–H and O–H groups in total. The van der Waals surface area contributed by atoms with Crippen molar-refractivity contribution < 1.29 is 43.1 Å². The Labute approximate surface area is 187 Å². The van der Waals surface area contributed by atoms with E-state index in [0.717, 1.165) is 12.1 Å². The zero-order valence-electron chi connectivity index (χ0n) is 17.7. The van der Waals surface area contributed by atoms with Crippen molar-refractivity contribution in [2.45, 2.75) is 0 Å². The van der Waals surface area contributed by atoms with Crippen LogP contribution in [-0.4, -0.2) is 63.1 Å². The molecule has 0 heterocycles. The molecular formula is C20H20N2O11. The second-order valence-electron chi connectivity index (χ2n) is 6.18. The Balaban J connectivity index is 1.89. The average molecular weight is 464 g/mol. The normalized spacial score (nSPS) is 10.2. The van der Waals surface area contributed by atoms with Gasteiger partial charge in [0.15, 0.2) is 35.6 Å². The molecule has 0 aliphatic carbocycles. The van der Waals surface area contributed by atoms with Crippen LogP contribution in [0.3, 0.4) is 0 Å². The van der Waals surface area contributed by atoms with Crippen molar-refractivity contribution in [2.75, 3.05) is 40.6 Å². The number of hydrogen-bond acceptors (Lipinski definition) is 11. The summed E-state index contributed by atoms with van der Waals surface area (Å²) in [5, 5.41) is 22.2. The lowest BCUT2D eigenvalue weighted by Gasteiger charge is -2.13. The van der Waals surface area contributed by atoms with Gasteiger partial charge in [0, 0.05) is 12.1 Å². The largest absolute Gasteiger partial charge is 0.493 e. The summed E-state index contributed by atoms with van der Waals surface area (Å²) in [5.74, 6) is 0.445. The van der Waals surface area contributed by atoms with Crippen molar-refractivity contribution in [1.82, 2.24) is 0 Å². The molecule has 0 aromatic heterocycles. The summed E-state index contributed by atoms with van der Waals surface area (Å²) in [6.45, 7) is 0.182. The van der Waals surface area contributed by atoms with Gasteiger partial charge in [-0.3, -0.25) is 29.8 Å². The number of hydrogen-bond donors (Lipinski definition) is 0. The molecule has 0 unspecified atom stereocenters. The summed E-state index contributed by atoms with van der Waals surface area (Å²) in [6, 6.07) is 4.59. The van der Waals surface area contributed by atoms with E-state index in [-0.39, 0.29) is 60.6 Å². The van der Waals surface area contributed by atoms with Crippen LogP contribution >= 0.6 is 0 Å². The van der Waals surface area contributed by atoms with Crippen LogP contribution in [0.1, 0.15) is 20.7 Å². The highest BCUT2D eigenvalue weighted by molar-refractivity contribution is 5.84. The van der Waals surface area contributed by atoms with Crippen LogP contribution in [0.15, 0.2) is 24.3 Å². The van der Waals surface area contributed by atoms with E-state index < -0.39 is 21.2 Å². The molecule has 0 aliphatic rings. The molecule has 0 bridgehead atoms. The van der Waals surface area contributed by atoms with Gasteiger partial charge >= 0.3 is 0 Å². The van der Waals surface area contributed by atoms with E-state index in [1.165, 1.54) is 26.4 Å². The Kier molecular flexibility index (Phi) is 9.06. The molecular weight excluding hydrogens is 444 g/mol. The van der Waals surface area contributed by atoms with E-state index in [1.54, 1.807) is 0 Å². The highest BCUT2D eigenvalue weighted by Crippen LogP contribution is 2.35. The predicted molar refractivity (Wildman–Crippen MR) is 112 cm³/mol. The summed E-state index contributed by atoms with van der Waals surface area (Å²) >= 11 is 0. The smallest absolute Gasteiger partial charge is 0.283 e. The van der Waals surface area contributed by atoms with Gasteiger partial charge in [0.2, 0.25) is 0 Å². The molecule has 13 nitrogen and oxygen atoms in total.